The number of carbonyl (C=O) groups excluding carboxylic acids is 1. The molecule has 3 aromatic heterocycles. The first kappa shape index (κ1) is 15.7. The Morgan fingerprint density at radius 3 is 2.69 bits per heavy atom. The van der Waals surface area contributed by atoms with E-state index in [0.717, 1.165) is 11.4 Å². The van der Waals surface area contributed by atoms with E-state index in [9.17, 15) is 4.79 Å². The van der Waals surface area contributed by atoms with Crippen LogP contribution < -0.4 is 5.32 Å². The second kappa shape index (κ2) is 6.98. The van der Waals surface area contributed by atoms with E-state index < -0.39 is 0 Å². The van der Waals surface area contributed by atoms with E-state index in [1.54, 1.807) is 46.3 Å². The first-order chi connectivity index (χ1) is 12.8. The highest BCUT2D eigenvalue weighted by Crippen LogP contribution is 2.10. The minimum Gasteiger partial charge on any atom is -0.346 e. The van der Waals surface area contributed by atoms with Gasteiger partial charge < -0.3 is 5.32 Å². The van der Waals surface area contributed by atoms with Gasteiger partial charge in [0.25, 0.3) is 5.91 Å². The number of amides is 1. The lowest BCUT2D eigenvalue weighted by molar-refractivity contribution is 0.0950. The lowest BCUT2D eigenvalue weighted by Crippen LogP contribution is -2.23. The van der Waals surface area contributed by atoms with E-state index >= 15 is 0 Å². The van der Waals surface area contributed by atoms with Crippen molar-refractivity contribution >= 4 is 5.91 Å². The molecule has 1 amide bonds. The maximum Gasteiger partial charge on any atom is 0.251 e. The minimum absolute atomic E-state index is 0.183. The molecular formula is C18H15N7O. The van der Waals surface area contributed by atoms with Crippen LogP contribution in [0, 0.1) is 0 Å². The Labute approximate surface area is 149 Å². The molecule has 0 saturated heterocycles. The number of rotatable bonds is 5. The number of nitrogens with zero attached hydrogens (tertiary/aromatic N) is 6. The van der Waals surface area contributed by atoms with E-state index in [4.69, 9.17) is 0 Å². The van der Waals surface area contributed by atoms with Crippen molar-refractivity contribution in [3.63, 3.8) is 0 Å². The molecule has 0 fully saturated rings. The van der Waals surface area contributed by atoms with Crippen LogP contribution in [0.1, 0.15) is 16.1 Å². The minimum atomic E-state index is -0.183. The summed E-state index contributed by atoms with van der Waals surface area (Å²) in [5.74, 6) is -0.183. The average molecular weight is 345 g/mol. The Hall–Kier alpha value is -3.81. The van der Waals surface area contributed by atoms with Crippen molar-refractivity contribution in [1.29, 1.82) is 0 Å². The number of carbonyl (C=O) groups is 1. The molecule has 0 bridgehead atoms. The maximum atomic E-state index is 12.4. The molecule has 8 nitrogen and oxygen atoms in total. The van der Waals surface area contributed by atoms with Gasteiger partial charge in [-0.2, -0.15) is 5.10 Å². The topological polar surface area (TPSA) is 90.5 Å². The standard InChI is InChI=1S/C18H15N7O/c26-18(14-3-1-4-17(11-14)24-10-2-7-21-24)20-12-15-13-25(23-22-15)16-5-8-19-9-6-16/h1-11,13H,12H2,(H,20,26). The molecule has 0 radical (unpaired) electrons. The Morgan fingerprint density at radius 1 is 1.00 bits per heavy atom. The summed E-state index contributed by atoms with van der Waals surface area (Å²) in [6.45, 7) is 0.288. The molecule has 0 aliphatic rings. The van der Waals surface area contributed by atoms with Crippen molar-refractivity contribution in [1.82, 2.24) is 35.1 Å². The number of pyridine rings is 1. The van der Waals surface area contributed by atoms with Gasteiger partial charge in [0, 0.05) is 30.4 Å². The van der Waals surface area contributed by atoms with Gasteiger partial charge in [0.05, 0.1) is 24.1 Å². The van der Waals surface area contributed by atoms with Crippen molar-refractivity contribution in [3.05, 3.63) is 84.7 Å². The highest BCUT2D eigenvalue weighted by Gasteiger charge is 2.09. The Morgan fingerprint density at radius 2 is 1.88 bits per heavy atom. The predicted molar refractivity (Wildman–Crippen MR) is 93.9 cm³/mol. The molecule has 0 saturated carbocycles. The monoisotopic (exact) mass is 345 g/mol. The summed E-state index contributed by atoms with van der Waals surface area (Å²) in [5.41, 5.74) is 2.90. The molecule has 0 atom stereocenters. The Balaban J connectivity index is 1.43. The van der Waals surface area contributed by atoms with Gasteiger partial charge >= 0.3 is 0 Å². The van der Waals surface area contributed by atoms with Crippen LogP contribution >= 0.6 is 0 Å². The number of hydrogen-bond acceptors (Lipinski definition) is 5. The van der Waals surface area contributed by atoms with Gasteiger partial charge in [-0.05, 0) is 36.4 Å². The second-order valence-corrected chi connectivity index (χ2v) is 5.54. The van der Waals surface area contributed by atoms with Crippen LogP contribution in [0.15, 0.2) is 73.4 Å². The normalized spacial score (nSPS) is 10.6. The molecule has 8 heteroatoms. The van der Waals surface area contributed by atoms with E-state index in [1.807, 2.05) is 36.5 Å². The zero-order chi connectivity index (χ0) is 17.8. The first-order valence-corrected chi connectivity index (χ1v) is 7.99. The van der Waals surface area contributed by atoms with Gasteiger partial charge in [0.1, 0.15) is 5.69 Å². The largest absolute Gasteiger partial charge is 0.346 e. The molecule has 0 aliphatic carbocycles. The van der Waals surface area contributed by atoms with E-state index in [2.05, 4.69) is 25.7 Å². The van der Waals surface area contributed by atoms with Crippen LogP contribution in [-0.2, 0) is 6.54 Å². The van der Waals surface area contributed by atoms with Gasteiger partial charge in [-0.1, -0.05) is 11.3 Å². The number of nitrogens with one attached hydrogen (secondary N) is 1. The Bertz CT molecular complexity index is 1010. The molecule has 128 valence electrons. The van der Waals surface area contributed by atoms with Crippen LogP contribution in [0.3, 0.4) is 0 Å². The van der Waals surface area contributed by atoms with E-state index in [0.29, 0.717) is 11.3 Å². The molecule has 0 spiro atoms. The fourth-order valence-electron chi connectivity index (χ4n) is 2.49. The highest BCUT2D eigenvalue weighted by molar-refractivity contribution is 5.94. The molecular weight excluding hydrogens is 330 g/mol. The highest BCUT2D eigenvalue weighted by atomic mass is 16.1. The third kappa shape index (κ3) is 3.34. The van der Waals surface area contributed by atoms with Crippen LogP contribution in [0.25, 0.3) is 11.4 Å². The van der Waals surface area contributed by atoms with Gasteiger partial charge in [0.15, 0.2) is 0 Å². The predicted octanol–water partition coefficient (Wildman–Crippen LogP) is 1.78. The molecule has 1 N–H and O–H groups in total. The van der Waals surface area contributed by atoms with Crippen molar-refractivity contribution < 1.29 is 4.79 Å². The van der Waals surface area contributed by atoms with E-state index in [1.165, 1.54) is 0 Å². The molecule has 1 aromatic carbocycles. The van der Waals surface area contributed by atoms with Crippen LogP contribution in [0.5, 0.6) is 0 Å². The summed E-state index contributed by atoms with van der Waals surface area (Å²) in [6, 6.07) is 12.8. The van der Waals surface area contributed by atoms with Crippen LogP contribution in [0.2, 0.25) is 0 Å². The SMILES string of the molecule is O=C(NCc1cn(-c2ccncc2)nn1)c1cccc(-n2cccn2)c1. The lowest BCUT2D eigenvalue weighted by Gasteiger charge is -2.06. The van der Waals surface area contributed by atoms with Crippen molar-refractivity contribution in [2.24, 2.45) is 0 Å². The van der Waals surface area contributed by atoms with Crippen LogP contribution in [-0.4, -0.2) is 35.7 Å². The third-order valence-corrected chi connectivity index (χ3v) is 3.78. The molecule has 0 unspecified atom stereocenters. The van der Waals surface area contributed by atoms with Crippen molar-refractivity contribution in [2.75, 3.05) is 0 Å². The zero-order valence-electron chi connectivity index (χ0n) is 13.7. The molecule has 4 aromatic rings. The van der Waals surface area contributed by atoms with Gasteiger partial charge in [-0.3, -0.25) is 9.78 Å². The molecule has 0 aliphatic heterocycles. The third-order valence-electron chi connectivity index (χ3n) is 3.78. The number of hydrogen-bond donors (Lipinski definition) is 1. The quantitative estimate of drug-likeness (QED) is 0.595. The van der Waals surface area contributed by atoms with E-state index in [-0.39, 0.29) is 12.5 Å². The smallest absolute Gasteiger partial charge is 0.251 e. The van der Waals surface area contributed by atoms with Gasteiger partial charge in [-0.25, -0.2) is 9.36 Å². The number of aromatic nitrogens is 6. The van der Waals surface area contributed by atoms with Gasteiger partial charge in [0.2, 0.25) is 0 Å². The molecule has 26 heavy (non-hydrogen) atoms. The summed E-state index contributed by atoms with van der Waals surface area (Å²) >= 11 is 0. The molecule has 4 rings (SSSR count). The van der Waals surface area contributed by atoms with Crippen molar-refractivity contribution in [3.8, 4) is 11.4 Å². The molecule has 3 heterocycles. The van der Waals surface area contributed by atoms with Gasteiger partial charge in [-0.15, -0.1) is 5.10 Å². The van der Waals surface area contributed by atoms with Crippen molar-refractivity contribution in [2.45, 2.75) is 6.54 Å². The van der Waals surface area contributed by atoms with Crippen LogP contribution in [0.4, 0.5) is 0 Å². The summed E-state index contributed by atoms with van der Waals surface area (Å²) < 4.78 is 3.35. The maximum absolute atomic E-state index is 12.4. The second-order valence-electron chi connectivity index (χ2n) is 5.54. The summed E-state index contributed by atoms with van der Waals surface area (Å²) in [6.07, 6.45) is 8.67. The first-order valence-electron chi connectivity index (χ1n) is 7.99. The Kier molecular flexibility index (Phi) is 4.21. The number of benzene rings is 1. The summed E-state index contributed by atoms with van der Waals surface area (Å²) in [4.78, 5) is 16.4. The summed E-state index contributed by atoms with van der Waals surface area (Å²) in [7, 11) is 0. The zero-order valence-corrected chi connectivity index (χ0v) is 13.7. The fraction of sp³-hybridized carbons (Fsp3) is 0.0556. The average Bonchev–Trinajstić information content (AvgIpc) is 3.39. The fourth-order valence-corrected chi connectivity index (χ4v) is 2.49. The summed E-state index contributed by atoms with van der Waals surface area (Å²) in [5, 5.41) is 15.2. The lowest BCUT2D eigenvalue weighted by atomic mass is 10.2.